The van der Waals surface area contributed by atoms with Gasteiger partial charge in [-0.2, -0.15) is 5.48 Å². The number of carbonyl (C=O) groups is 4. The van der Waals surface area contributed by atoms with Gasteiger partial charge in [0.15, 0.2) is 0 Å². The van der Waals surface area contributed by atoms with E-state index in [9.17, 15) is 24.3 Å². The molecule has 5 N–H and O–H groups in total. The second-order valence-electron chi connectivity index (χ2n) is 11.5. The molecule has 0 fully saturated rings. The van der Waals surface area contributed by atoms with E-state index >= 15 is 0 Å². The Morgan fingerprint density at radius 2 is 1.62 bits per heavy atom. The summed E-state index contributed by atoms with van der Waals surface area (Å²) in [5.74, 6) is -2.08. The standard InChI is InChI=1S/C35H41N5O7/c1-3-23(2)16-28(41)19-32(42)47-40-34(44)31(18-27-20-36-22-37-27)38-33(43)30(39-35(45)46-21-24-10-5-4-6-11-24)17-26-14-9-13-25-12-7-8-15-29(25)26/h4-15,20,22-23,28,30-31,41H,3,16-19,21H2,1-2H3,(H,36,37)(H,38,43)(H,39,45)(H,40,44)/t23?,28-,30+,31+/m0/s1. The van der Waals surface area contributed by atoms with Crippen molar-refractivity contribution in [1.82, 2.24) is 26.1 Å². The molecule has 3 amide bonds. The molecule has 248 valence electrons. The van der Waals surface area contributed by atoms with Gasteiger partial charge in [-0.15, -0.1) is 0 Å². The van der Waals surface area contributed by atoms with Gasteiger partial charge in [-0.05, 0) is 34.2 Å². The summed E-state index contributed by atoms with van der Waals surface area (Å²) >= 11 is 0. The minimum atomic E-state index is -1.22. The number of aromatic nitrogens is 2. The van der Waals surface area contributed by atoms with Gasteiger partial charge in [-0.1, -0.05) is 93.1 Å². The second-order valence-corrected chi connectivity index (χ2v) is 11.5. The minimum absolute atomic E-state index is 0.00242. The van der Waals surface area contributed by atoms with Crippen molar-refractivity contribution < 1.29 is 33.9 Å². The van der Waals surface area contributed by atoms with Gasteiger partial charge in [-0.25, -0.2) is 14.6 Å². The van der Waals surface area contributed by atoms with Crippen molar-refractivity contribution in [2.75, 3.05) is 0 Å². The van der Waals surface area contributed by atoms with Crippen LogP contribution < -0.4 is 16.1 Å². The van der Waals surface area contributed by atoms with Crippen LogP contribution in [0.5, 0.6) is 0 Å². The van der Waals surface area contributed by atoms with Crippen LogP contribution in [0.2, 0.25) is 0 Å². The average Bonchev–Trinajstić information content (AvgIpc) is 3.59. The van der Waals surface area contributed by atoms with E-state index in [1.165, 1.54) is 12.5 Å². The molecule has 0 saturated heterocycles. The summed E-state index contributed by atoms with van der Waals surface area (Å²) in [6.07, 6.45) is 2.22. The van der Waals surface area contributed by atoms with Crippen LogP contribution in [0.25, 0.3) is 10.8 Å². The zero-order valence-electron chi connectivity index (χ0n) is 26.5. The average molecular weight is 644 g/mol. The van der Waals surface area contributed by atoms with E-state index in [0.717, 1.165) is 28.3 Å². The Kier molecular flexibility index (Phi) is 12.9. The molecule has 1 heterocycles. The van der Waals surface area contributed by atoms with Gasteiger partial charge in [0.05, 0.1) is 18.9 Å². The summed E-state index contributed by atoms with van der Waals surface area (Å²) in [7, 11) is 0. The van der Waals surface area contributed by atoms with Crippen molar-refractivity contribution in [3.63, 3.8) is 0 Å². The molecule has 47 heavy (non-hydrogen) atoms. The van der Waals surface area contributed by atoms with E-state index in [4.69, 9.17) is 9.57 Å². The molecule has 0 bridgehead atoms. The molecule has 4 rings (SSSR count). The molecule has 1 unspecified atom stereocenters. The van der Waals surface area contributed by atoms with Crippen LogP contribution in [0.3, 0.4) is 0 Å². The predicted octanol–water partition coefficient (Wildman–Crippen LogP) is 3.89. The number of ether oxygens (including phenoxy) is 1. The third-order valence-corrected chi connectivity index (χ3v) is 7.78. The molecule has 0 aliphatic carbocycles. The summed E-state index contributed by atoms with van der Waals surface area (Å²) in [6.45, 7) is 3.95. The molecule has 0 aliphatic heterocycles. The number of rotatable bonds is 15. The highest BCUT2D eigenvalue weighted by molar-refractivity contribution is 5.93. The fourth-order valence-electron chi connectivity index (χ4n) is 5.03. The number of aliphatic hydroxyl groups is 1. The number of carbonyl (C=O) groups excluding carboxylic acids is 4. The summed E-state index contributed by atoms with van der Waals surface area (Å²) < 4.78 is 5.40. The molecule has 0 aliphatic rings. The first-order chi connectivity index (χ1) is 22.7. The monoisotopic (exact) mass is 643 g/mol. The molecule has 0 radical (unpaired) electrons. The maximum Gasteiger partial charge on any atom is 0.408 e. The van der Waals surface area contributed by atoms with E-state index in [-0.39, 0.29) is 31.8 Å². The number of fused-ring (bicyclic) bond motifs is 1. The van der Waals surface area contributed by atoms with Crippen molar-refractivity contribution in [1.29, 1.82) is 0 Å². The number of amides is 3. The molecule has 4 aromatic rings. The largest absolute Gasteiger partial charge is 0.445 e. The summed E-state index contributed by atoms with van der Waals surface area (Å²) in [6, 6.07) is 20.1. The number of H-pyrrole nitrogens is 1. The number of aromatic amines is 1. The maximum atomic E-state index is 13.8. The molecule has 0 saturated carbocycles. The lowest BCUT2D eigenvalue weighted by Gasteiger charge is -2.23. The van der Waals surface area contributed by atoms with Crippen molar-refractivity contribution >= 4 is 34.6 Å². The van der Waals surface area contributed by atoms with Crippen LogP contribution in [0, 0.1) is 5.92 Å². The molecule has 0 spiro atoms. The first-order valence-electron chi connectivity index (χ1n) is 15.6. The Labute approximate surface area is 273 Å². The Hall–Kier alpha value is -5.23. The third-order valence-electron chi connectivity index (χ3n) is 7.78. The van der Waals surface area contributed by atoms with Gasteiger partial charge in [0.1, 0.15) is 18.7 Å². The lowest BCUT2D eigenvalue weighted by Crippen LogP contribution is -2.55. The number of nitrogens with one attached hydrogen (secondary N) is 4. The van der Waals surface area contributed by atoms with Crippen LogP contribution in [-0.2, 0) is 43.4 Å². The number of hydrogen-bond acceptors (Lipinski definition) is 8. The number of benzene rings is 3. The molecule has 12 nitrogen and oxygen atoms in total. The van der Waals surface area contributed by atoms with E-state index in [1.54, 1.807) is 0 Å². The van der Waals surface area contributed by atoms with Crippen molar-refractivity contribution in [2.45, 2.75) is 70.7 Å². The summed E-state index contributed by atoms with van der Waals surface area (Å²) in [5.41, 5.74) is 4.20. The lowest BCUT2D eigenvalue weighted by atomic mass is 9.98. The third kappa shape index (κ3) is 11.0. The fourth-order valence-corrected chi connectivity index (χ4v) is 5.03. The van der Waals surface area contributed by atoms with Gasteiger partial charge in [0.2, 0.25) is 5.91 Å². The number of hydroxylamine groups is 1. The molecule has 3 aromatic carbocycles. The number of aliphatic hydroxyl groups excluding tert-OH is 1. The molecular weight excluding hydrogens is 602 g/mol. The molecule has 12 heteroatoms. The number of nitrogens with zero attached hydrogens (tertiary/aromatic N) is 1. The maximum absolute atomic E-state index is 13.8. The first kappa shape index (κ1) is 34.6. The Morgan fingerprint density at radius 3 is 2.36 bits per heavy atom. The van der Waals surface area contributed by atoms with Crippen LogP contribution in [0.4, 0.5) is 4.79 Å². The van der Waals surface area contributed by atoms with Gasteiger partial charge < -0.3 is 30.3 Å². The minimum Gasteiger partial charge on any atom is -0.445 e. The topological polar surface area (TPSA) is 172 Å². The van der Waals surface area contributed by atoms with E-state index in [2.05, 4.69) is 26.1 Å². The predicted molar refractivity (Wildman–Crippen MR) is 174 cm³/mol. The Morgan fingerprint density at radius 1 is 0.894 bits per heavy atom. The van der Waals surface area contributed by atoms with Crippen molar-refractivity contribution in [3.8, 4) is 0 Å². The van der Waals surface area contributed by atoms with E-state index in [1.807, 2.05) is 86.6 Å². The van der Waals surface area contributed by atoms with Crippen molar-refractivity contribution in [2.24, 2.45) is 5.92 Å². The van der Waals surface area contributed by atoms with Gasteiger partial charge >= 0.3 is 12.1 Å². The smallest absolute Gasteiger partial charge is 0.408 e. The normalized spacial score (nSPS) is 13.5. The van der Waals surface area contributed by atoms with Crippen LogP contribution in [0.1, 0.15) is 49.9 Å². The SMILES string of the molecule is CCC(C)C[C@H](O)CC(=O)ONC(=O)[C@@H](Cc1cnc[nH]1)NC(=O)[C@@H](Cc1cccc2ccccc12)NC(=O)OCc1ccccc1. The highest BCUT2D eigenvalue weighted by atomic mass is 16.7. The van der Waals surface area contributed by atoms with Gasteiger partial charge in [-0.3, -0.25) is 9.59 Å². The fraction of sp³-hybridized carbons (Fsp3) is 0.343. The van der Waals surface area contributed by atoms with Crippen LogP contribution in [-0.4, -0.2) is 57.1 Å². The van der Waals surface area contributed by atoms with E-state index in [0.29, 0.717) is 12.1 Å². The van der Waals surface area contributed by atoms with Crippen molar-refractivity contribution in [3.05, 3.63) is 102 Å². The summed E-state index contributed by atoms with van der Waals surface area (Å²) in [5, 5.41) is 17.4. The zero-order valence-corrected chi connectivity index (χ0v) is 26.5. The second kappa shape index (κ2) is 17.5. The number of hydrogen-bond donors (Lipinski definition) is 5. The van der Waals surface area contributed by atoms with E-state index < -0.39 is 42.1 Å². The Bertz CT molecular complexity index is 1610. The molecule has 4 atom stereocenters. The highest BCUT2D eigenvalue weighted by Crippen LogP contribution is 2.20. The Balaban J connectivity index is 1.48. The number of alkyl carbamates (subject to hydrolysis) is 1. The van der Waals surface area contributed by atoms with Crippen LogP contribution >= 0.6 is 0 Å². The quantitative estimate of drug-likeness (QED) is 0.121. The molecular formula is C35H41N5O7. The highest BCUT2D eigenvalue weighted by Gasteiger charge is 2.29. The first-order valence-corrected chi connectivity index (χ1v) is 15.6. The lowest BCUT2D eigenvalue weighted by molar-refractivity contribution is -0.161. The summed E-state index contributed by atoms with van der Waals surface area (Å²) in [4.78, 5) is 64.1. The number of imidazole rings is 1. The zero-order chi connectivity index (χ0) is 33.6. The van der Waals surface area contributed by atoms with Gasteiger partial charge in [0.25, 0.3) is 5.91 Å². The van der Waals surface area contributed by atoms with Crippen LogP contribution in [0.15, 0.2) is 85.3 Å². The van der Waals surface area contributed by atoms with Gasteiger partial charge in [0, 0.05) is 24.7 Å². The molecule has 1 aromatic heterocycles.